The topological polar surface area (TPSA) is 69.6 Å². The van der Waals surface area contributed by atoms with E-state index in [0.717, 1.165) is 6.42 Å². The molecule has 0 aromatic heterocycles. The van der Waals surface area contributed by atoms with Gasteiger partial charge in [0.2, 0.25) is 0 Å². The zero-order valence-electron chi connectivity index (χ0n) is 16.1. The minimum absolute atomic E-state index is 0.102. The highest BCUT2D eigenvalue weighted by atomic mass is 16.5. The van der Waals surface area contributed by atoms with Crippen molar-refractivity contribution in [3.05, 3.63) is 0 Å². The van der Waals surface area contributed by atoms with Crippen molar-refractivity contribution in [3.63, 3.8) is 0 Å². The standard InChI is InChI=1S/C19H39NO4/c1-4-5-6-7-8-9-10-11-12-13-14-24-17-18(21)15-20(2,3)16-19(22)23/h18,21H,4-17H2,1-3H3. The van der Waals surface area contributed by atoms with Gasteiger partial charge in [0.1, 0.15) is 19.2 Å². The molecule has 24 heavy (non-hydrogen) atoms. The number of aliphatic hydroxyl groups excluding tert-OH is 1. The Kier molecular flexibility index (Phi) is 14.3. The summed E-state index contributed by atoms with van der Waals surface area (Å²) in [6, 6.07) is 0. The normalized spacial score (nSPS) is 13.2. The molecular weight excluding hydrogens is 306 g/mol. The van der Waals surface area contributed by atoms with E-state index in [2.05, 4.69) is 6.92 Å². The van der Waals surface area contributed by atoms with Crippen molar-refractivity contribution in [1.29, 1.82) is 0 Å². The molecule has 5 heteroatoms. The second kappa shape index (κ2) is 14.7. The molecule has 0 saturated carbocycles. The number of carbonyl (C=O) groups excluding carboxylic acids is 1. The molecule has 0 aromatic rings. The molecule has 0 saturated heterocycles. The summed E-state index contributed by atoms with van der Waals surface area (Å²) in [6.45, 7) is 3.43. The van der Waals surface area contributed by atoms with Crippen molar-refractivity contribution in [3.8, 4) is 0 Å². The maximum absolute atomic E-state index is 10.6. The van der Waals surface area contributed by atoms with Gasteiger partial charge in [0.15, 0.2) is 0 Å². The number of hydrogen-bond acceptors (Lipinski definition) is 4. The Morgan fingerprint density at radius 3 is 2.00 bits per heavy atom. The number of carbonyl (C=O) groups is 1. The quantitative estimate of drug-likeness (QED) is 0.324. The smallest absolute Gasteiger partial charge is 0.126 e. The lowest BCUT2D eigenvalue weighted by Gasteiger charge is -2.31. The molecule has 144 valence electrons. The molecule has 0 aromatic carbocycles. The number of ether oxygens (including phenoxy) is 1. The third-order valence-corrected chi connectivity index (χ3v) is 4.21. The lowest BCUT2D eigenvalue weighted by Crippen LogP contribution is -2.52. The molecule has 0 rings (SSSR count). The van der Waals surface area contributed by atoms with Gasteiger partial charge in [-0.2, -0.15) is 0 Å². The largest absolute Gasteiger partial charge is 0.544 e. The molecule has 0 aliphatic heterocycles. The Morgan fingerprint density at radius 1 is 1.00 bits per heavy atom. The Bertz CT molecular complexity index is 308. The minimum atomic E-state index is -1.10. The average Bonchev–Trinajstić information content (AvgIpc) is 2.46. The van der Waals surface area contributed by atoms with E-state index in [4.69, 9.17) is 4.74 Å². The first kappa shape index (κ1) is 23.4. The van der Waals surface area contributed by atoms with Crippen LogP contribution in [-0.2, 0) is 9.53 Å². The summed E-state index contributed by atoms with van der Waals surface area (Å²) in [7, 11) is 3.53. The fourth-order valence-electron chi connectivity index (χ4n) is 2.95. The van der Waals surface area contributed by atoms with Crippen LogP contribution in [0.1, 0.15) is 71.1 Å². The summed E-state index contributed by atoms with van der Waals surface area (Å²) in [5.74, 6) is -1.10. The maximum Gasteiger partial charge on any atom is 0.126 e. The third-order valence-electron chi connectivity index (χ3n) is 4.21. The highest BCUT2D eigenvalue weighted by Crippen LogP contribution is 2.10. The Labute approximate surface area is 148 Å². The second-order valence-corrected chi connectivity index (χ2v) is 7.56. The predicted molar refractivity (Wildman–Crippen MR) is 95.5 cm³/mol. The summed E-state index contributed by atoms with van der Waals surface area (Å²) >= 11 is 0. The Balaban J connectivity index is 3.39. The number of nitrogens with zero attached hydrogens (tertiary/aromatic N) is 1. The molecule has 1 N–H and O–H groups in total. The molecule has 0 heterocycles. The number of aliphatic carboxylic acids is 1. The van der Waals surface area contributed by atoms with E-state index in [1.54, 1.807) is 14.1 Å². The van der Waals surface area contributed by atoms with Crippen LogP contribution in [0.5, 0.6) is 0 Å². The van der Waals surface area contributed by atoms with Gasteiger partial charge in [-0.25, -0.2) is 0 Å². The summed E-state index contributed by atoms with van der Waals surface area (Å²) in [4.78, 5) is 10.6. The molecule has 0 fully saturated rings. The fourth-order valence-corrected chi connectivity index (χ4v) is 2.95. The van der Waals surface area contributed by atoms with Crippen molar-refractivity contribution >= 4 is 5.97 Å². The van der Waals surface area contributed by atoms with Gasteiger partial charge in [-0.15, -0.1) is 0 Å². The first-order chi connectivity index (χ1) is 11.4. The van der Waals surface area contributed by atoms with E-state index >= 15 is 0 Å². The SMILES string of the molecule is CCCCCCCCCCCCOCC(O)C[N+](C)(C)CC(=O)[O-]. The summed E-state index contributed by atoms with van der Waals surface area (Å²) in [5, 5.41) is 20.5. The molecule has 0 aliphatic carbocycles. The molecule has 0 spiro atoms. The minimum Gasteiger partial charge on any atom is -0.544 e. The highest BCUT2D eigenvalue weighted by molar-refractivity contribution is 5.65. The Hall–Kier alpha value is -0.650. The first-order valence-corrected chi connectivity index (χ1v) is 9.65. The fraction of sp³-hybridized carbons (Fsp3) is 0.947. The van der Waals surface area contributed by atoms with Crippen LogP contribution in [0.25, 0.3) is 0 Å². The lowest BCUT2D eigenvalue weighted by atomic mass is 10.1. The van der Waals surface area contributed by atoms with Gasteiger partial charge in [0.25, 0.3) is 0 Å². The number of rotatable bonds is 17. The van der Waals surface area contributed by atoms with Crippen LogP contribution in [0.15, 0.2) is 0 Å². The number of unbranched alkanes of at least 4 members (excludes halogenated alkanes) is 9. The van der Waals surface area contributed by atoms with Crippen LogP contribution in [0.3, 0.4) is 0 Å². The van der Waals surface area contributed by atoms with Gasteiger partial charge in [-0.1, -0.05) is 64.7 Å². The molecule has 0 aliphatic rings. The van der Waals surface area contributed by atoms with Crippen molar-refractivity contribution in [2.24, 2.45) is 0 Å². The number of aliphatic hydroxyl groups is 1. The predicted octanol–water partition coefficient (Wildman–Crippen LogP) is 2.11. The van der Waals surface area contributed by atoms with Gasteiger partial charge >= 0.3 is 0 Å². The van der Waals surface area contributed by atoms with E-state index in [0.29, 0.717) is 13.2 Å². The van der Waals surface area contributed by atoms with Crippen LogP contribution in [0.2, 0.25) is 0 Å². The number of likely N-dealkylation sites (N-methyl/N-ethyl adjacent to an activating group) is 1. The summed E-state index contributed by atoms with van der Waals surface area (Å²) in [5.41, 5.74) is 0. The van der Waals surface area contributed by atoms with Crippen LogP contribution >= 0.6 is 0 Å². The van der Waals surface area contributed by atoms with Gasteiger partial charge in [-0.3, -0.25) is 0 Å². The van der Waals surface area contributed by atoms with E-state index in [1.165, 1.54) is 57.8 Å². The van der Waals surface area contributed by atoms with E-state index in [-0.39, 0.29) is 17.6 Å². The van der Waals surface area contributed by atoms with E-state index in [1.807, 2.05) is 0 Å². The van der Waals surface area contributed by atoms with Gasteiger partial charge in [-0.05, 0) is 6.42 Å². The lowest BCUT2D eigenvalue weighted by molar-refractivity contribution is -0.887. The molecule has 1 atom stereocenters. The Morgan fingerprint density at radius 2 is 1.50 bits per heavy atom. The van der Waals surface area contributed by atoms with Crippen molar-refractivity contribution < 1.29 is 24.2 Å². The zero-order chi connectivity index (χ0) is 18.3. The van der Waals surface area contributed by atoms with Crippen LogP contribution in [0.4, 0.5) is 0 Å². The molecule has 0 bridgehead atoms. The number of carboxylic acid groups (broad SMARTS) is 1. The average molecular weight is 346 g/mol. The van der Waals surface area contributed by atoms with E-state index < -0.39 is 12.1 Å². The van der Waals surface area contributed by atoms with Crippen molar-refractivity contribution in [2.75, 3.05) is 40.4 Å². The van der Waals surface area contributed by atoms with Crippen molar-refractivity contribution in [2.45, 2.75) is 77.2 Å². The van der Waals surface area contributed by atoms with Crippen LogP contribution < -0.4 is 5.11 Å². The van der Waals surface area contributed by atoms with Gasteiger partial charge < -0.3 is 24.2 Å². The molecule has 0 amide bonds. The molecule has 5 nitrogen and oxygen atoms in total. The molecule has 1 unspecified atom stereocenters. The number of quaternary nitrogens is 1. The molecule has 0 radical (unpaired) electrons. The summed E-state index contributed by atoms with van der Waals surface area (Å²) < 4.78 is 5.69. The monoisotopic (exact) mass is 345 g/mol. The van der Waals surface area contributed by atoms with Gasteiger partial charge in [0, 0.05) is 6.61 Å². The second-order valence-electron chi connectivity index (χ2n) is 7.56. The van der Waals surface area contributed by atoms with Crippen molar-refractivity contribution in [1.82, 2.24) is 0 Å². The van der Waals surface area contributed by atoms with E-state index in [9.17, 15) is 15.0 Å². The first-order valence-electron chi connectivity index (χ1n) is 9.65. The van der Waals surface area contributed by atoms with Gasteiger partial charge in [0.05, 0.1) is 26.7 Å². The third kappa shape index (κ3) is 16.2. The van der Waals surface area contributed by atoms with Crippen LogP contribution in [-0.4, -0.2) is 62.1 Å². The van der Waals surface area contributed by atoms with Crippen LogP contribution in [0, 0.1) is 0 Å². The highest BCUT2D eigenvalue weighted by Gasteiger charge is 2.20. The number of carboxylic acids is 1. The zero-order valence-corrected chi connectivity index (χ0v) is 16.1. The summed E-state index contributed by atoms with van der Waals surface area (Å²) in [6.07, 6.45) is 12.3. The molecular formula is C19H39NO4. The number of hydrogen-bond donors (Lipinski definition) is 1. The maximum atomic E-state index is 10.6.